The van der Waals surface area contributed by atoms with Crippen LogP contribution in [0.2, 0.25) is 0 Å². The van der Waals surface area contributed by atoms with E-state index in [0.29, 0.717) is 47.5 Å². The fourth-order valence-corrected chi connectivity index (χ4v) is 5.38. The van der Waals surface area contributed by atoms with Crippen molar-refractivity contribution < 1.29 is 41.5 Å². The average molecular weight is 612 g/mol. The average Bonchev–Trinajstić information content (AvgIpc) is 3.33. The summed E-state index contributed by atoms with van der Waals surface area (Å²) in [4.78, 5) is 36.2. The number of aromatic nitrogens is 5. The molecule has 0 unspecified atom stereocenters. The third-order valence-electron chi connectivity index (χ3n) is 6.97. The molecule has 1 aromatic carbocycles. The van der Waals surface area contributed by atoms with Gasteiger partial charge in [0.2, 0.25) is 0 Å². The van der Waals surface area contributed by atoms with Crippen molar-refractivity contribution in [3.63, 3.8) is 0 Å². The number of imidazole rings is 1. The van der Waals surface area contributed by atoms with Crippen LogP contribution in [0.3, 0.4) is 0 Å². The number of pyridine rings is 1. The quantitative estimate of drug-likeness (QED) is 0.144. The van der Waals surface area contributed by atoms with Crippen LogP contribution in [0.25, 0.3) is 22.4 Å². The van der Waals surface area contributed by atoms with Crippen molar-refractivity contribution in [1.82, 2.24) is 24.5 Å². The van der Waals surface area contributed by atoms with Crippen molar-refractivity contribution in [2.75, 3.05) is 23.7 Å². The van der Waals surface area contributed by atoms with E-state index in [1.54, 1.807) is 9.47 Å². The summed E-state index contributed by atoms with van der Waals surface area (Å²) in [6.07, 6.45) is -0.602. The van der Waals surface area contributed by atoms with Gasteiger partial charge in [-0.05, 0) is 30.5 Å². The van der Waals surface area contributed by atoms with Gasteiger partial charge in [0.05, 0.1) is 36.0 Å². The third kappa shape index (κ3) is 5.87. The van der Waals surface area contributed by atoms with E-state index < -0.39 is 43.3 Å². The summed E-state index contributed by atoms with van der Waals surface area (Å²) in [7, 11) is -5.16. The Balaban J connectivity index is 1.59. The number of aliphatic hydroxyl groups excluding tert-OH is 1. The Bertz CT molecular complexity index is 1690. The molecule has 1 aliphatic heterocycles. The van der Waals surface area contributed by atoms with Gasteiger partial charge in [-0.2, -0.15) is 0 Å². The molecule has 4 aromatic rings. The number of alkyl halides is 2. The summed E-state index contributed by atoms with van der Waals surface area (Å²) in [5, 5.41) is 10.1. The van der Waals surface area contributed by atoms with Gasteiger partial charge in [-0.3, -0.25) is 14.8 Å². The molecule has 4 heterocycles. The molecule has 0 aliphatic carbocycles. The molecule has 0 amide bonds. The van der Waals surface area contributed by atoms with E-state index in [0.717, 1.165) is 0 Å². The molecule has 0 bridgehead atoms. The first-order valence-corrected chi connectivity index (χ1v) is 13.9. The summed E-state index contributed by atoms with van der Waals surface area (Å²) < 4.78 is 73.5. The number of phosphoric acid groups is 1. The van der Waals surface area contributed by atoms with E-state index in [9.17, 15) is 22.8 Å². The number of benzene rings is 1. The number of rotatable bonds is 8. The van der Waals surface area contributed by atoms with Gasteiger partial charge in [-0.15, -0.1) is 0 Å². The van der Waals surface area contributed by atoms with Crippen molar-refractivity contribution in [1.29, 1.82) is 0 Å². The van der Waals surface area contributed by atoms with Crippen LogP contribution >= 0.6 is 7.82 Å². The lowest BCUT2D eigenvalue weighted by molar-refractivity contribution is -0.0529. The molecule has 1 saturated heterocycles. The molecule has 42 heavy (non-hydrogen) atoms. The van der Waals surface area contributed by atoms with Crippen LogP contribution in [0, 0.1) is 11.6 Å². The number of nitrogens with zero attached hydrogens (tertiary/aromatic N) is 6. The molecular weight excluding hydrogens is 587 g/mol. The van der Waals surface area contributed by atoms with Crippen LogP contribution in [-0.2, 0) is 11.1 Å². The topological polar surface area (TPSA) is 199 Å². The highest BCUT2D eigenvalue weighted by Crippen LogP contribution is 2.41. The van der Waals surface area contributed by atoms with Crippen molar-refractivity contribution in [3.8, 4) is 17.0 Å². The molecule has 0 radical (unpaired) electrons. The number of nitrogen functional groups attached to an aromatic ring is 1. The number of fused-ring (bicyclic) bond motifs is 1. The summed E-state index contributed by atoms with van der Waals surface area (Å²) in [5.74, 6) is -3.19. The lowest BCUT2D eigenvalue weighted by atomic mass is 9.84. The number of hydrogen-bond donors (Lipinski definition) is 5. The zero-order valence-corrected chi connectivity index (χ0v) is 22.5. The van der Waals surface area contributed by atoms with Crippen LogP contribution < -0.4 is 20.9 Å². The first-order valence-electron chi connectivity index (χ1n) is 12.4. The fraction of sp³-hybridized carbons (Fsp3) is 0.333. The third-order valence-corrected chi connectivity index (χ3v) is 7.41. The zero-order valence-electron chi connectivity index (χ0n) is 21.6. The molecule has 7 N–H and O–H groups in total. The summed E-state index contributed by atoms with van der Waals surface area (Å²) in [5.41, 5.74) is 11.6. The summed E-state index contributed by atoms with van der Waals surface area (Å²) in [6.45, 7) is 0.261. The van der Waals surface area contributed by atoms with E-state index >= 15 is 4.39 Å². The van der Waals surface area contributed by atoms with E-state index in [1.165, 1.54) is 24.9 Å². The fourth-order valence-electron chi connectivity index (χ4n) is 4.98. The molecule has 1 aliphatic rings. The first-order chi connectivity index (χ1) is 19.8. The van der Waals surface area contributed by atoms with Crippen LogP contribution in [0.4, 0.5) is 29.1 Å². The molecule has 18 heteroatoms. The van der Waals surface area contributed by atoms with E-state index in [1.807, 2.05) is 0 Å². The molecular formula is C24H25F4N8O5P. The molecule has 13 nitrogen and oxygen atoms in total. The van der Waals surface area contributed by atoms with Gasteiger partial charge in [-0.25, -0.2) is 37.1 Å². The number of phosphoric ester groups is 1. The number of halogens is 4. The lowest BCUT2D eigenvalue weighted by Gasteiger charge is -2.44. The highest BCUT2D eigenvalue weighted by Gasteiger charge is 2.43. The number of hydrogen-bond acceptors (Lipinski definition) is 10. The minimum absolute atomic E-state index is 0.0345. The zero-order chi connectivity index (χ0) is 30.4. The minimum Gasteiger partial charge on any atom is -0.401 e. The van der Waals surface area contributed by atoms with E-state index in [-0.39, 0.29) is 36.6 Å². The molecule has 0 saturated carbocycles. The van der Waals surface area contributed by atoms with Crippen molar-refractivity contribution in [3.05, 3.63) is 54.2 Å². The maximum atomic E-state index is 15.1. The number of anilines is 2. The van der Waals surface area contributed by atoms with E-state index in [4.69, 9.17) is 21.3 Å². The predicted octanol–water partition coefficient (Wildman–Crippen LogP) is 2.19. The predicted molar refractivity (Wildman–Crippen MR) is 141 cm³/mol. The Hall–Kier alpha value is -3.89. The van der Waals surface area contributed by atoms with Gasteiger partial charge < -0.3 is 30.6 Å². The van der Waals surface area contributed by atoms with E-state index in [2.05, 4.69) is 24.5 Å². The summed E-state index contributed by atoms with van der Waals surface area (Å²) >= 11 is 0. The SMILES string of the molecule is Nc1ncnc2c1ncn2Cc1cc(-c2cc(F)c(OP(=O)(O)O)cc2F)ncc1N1CCC[C@](N)([C@H](O)C(F)F)C1. The smallest absolute Gasteiger partial charge is 0.401 e. The lowest BCUT2D eigenvalue weighted by Crippen LogP contribution is -2.63. The molecule has 3 aromatic heterocycles. The Kier molecular flexibility index (Phi) is 7.80. The molecule has 224 valence electrons. The Labute approximate surface area is 235 Å². The maximum Gasteiger partial charge on any atom is 0.524 e. The standard InChI is InChI=1S/C24H25F4N8O5P/c25-14-6-18(41-42(38,39)40)15(26)5-13(14)16-4-12(8-36-11-34-19-22(29)32-10-33-23(19)36)17(7-31-16)35-3-1-2-24(30,9-35)20(37)21(27)28/h4-7,10-11,20-21,37H,1-3,8-9,30H2,(H2,29,32,33)(H2,38,39,40)/t20-,24-/m1/s1. The van der Waals surface area contributed by atoms with Crippen molar-refractivity contribution >= 4 is 30.5 Å². The van der Waals surface area contributed by atoms with Gasteiger partial charge in [0.15, 0.2) is 23.0 Å². The Morgan fingerprint density at radius 3 is 2.60 bits per heavy atom. The van der Waals surface area contributed by atoms with Crippen LogP contribution in [-0.4, -0.2) is 70.6 Å². The monoisotopic (exact) mass is 612 g/mol. The number of piperidine rings is 1. The van der Waals surface area contributed by atoms with Crippen molar-refractivity contribution in [2.45, 2.75) is 37.5 Å². The molecule has 5 rings (SSSR count). The first kappa shape index (κ1) is 29.6. The highest BCUT2D eigenvalue weighted by atomic mass is 31.2. The van der Waals surface area contributed by atoms with Crippen LogP contribution in [0.15, 0.2) is 37.1 Å². The van der Waals surface area contributed by atoms with Gasteiger partial charge in [0, 0.05) is 24.7 Å². The largest absolute Gasteiger partial charge is 0.524 e. The molecule has 0 spiro atoms. The maximum absolute atomic E-state index is 15.1. The molecule has 2 atom stereocenters. The van der Waals surface area contributed by atoms with Crippen LogP contribution in [0.1, 0.15) is 18.4 Å². The molecule has 1 fully saturated rings. The minimum atomic E-state index is -5.16. The Morgan fingerprint density at radius 2 is 1.88 bits per heavy atom. The van der Waals surface area contributed by atoms with Gasteiger partial charge in [0.25, 0.3) is 6.43 Å². The highest BCUT2D eigenvalue weighted by molar-refractivity contribution is 7.46. The van der Waals surface area contributed by atoms with Crippen LogP contribution in [0.5, 0.6) is 5.75 Å². The van der Waals surface area contributed by atoms with Gasteiger partial charge >= 0.3 is 7.82 Å². The van der Waals surface area contributed by atoms with Crippen molar-refractivity contribution in [2.24, 2.45) is 5.73 Å². The van der Waals surface area contributed by atoms with Gasteiger partial charge in [-0.1, -0.05) is 0 Å². The number of nitrogens with two attached hydrogens (primary N) is 2. The normalized spacial score (nSPS) is 18.5. The summed E-state index contributed by atoms with van der Waals surface area (Å²) in [6, 6.07) is 2.60. The second kappa shape index (κ2) is 11.1. The number of aliphatic hydroxyl groups is 1. The van der Waals surface area contributed by atoms with Gasteiger partial charge in [0.1, 0.15) is 23.8 Å². The second-order valence-corrected chi connectivity index (χ2v) is 11.0. The second-order valence-electron chi connectivity index (χ2n) is 9.88. The Morgan fingerprint density at radius 1 is 1.12 bits per heavy atom.